The summed E-state index contributed by atoms with van der Waals surface area (Å²) >= 11 is 0. The molecule has 13 heteroatoms. The molecule has 47 heavy (non-hydrogen) atoms. The average molecular weight is 642 g/mol. The third-order valence-corrected chi connectivity index (χ3v) is 9.91. The lowest BCUT2D eigenvalue weighted by atomic mass is 9.83. The summed E-state index contributed by atoms with van der Waals surface area (Å²) in [4.78, 5) is 69.5. The number of nitrogens with zero attached hydrogens (tertiary/aromatic N) is 5. The number of ether oxygens (including phenoxy) is 2. The summed E-state index contributed by atoms with van der Waals surface area (Å²) in [5.74, 6) is 0.443. The molecule has 1 aromatic heterocycles. The van der Waals surface area contributed by atoms with Crippen LogP contribution in [0.3, 0.4) is 0 Å². The first-order valence-corrected chi connectivity index (χ1v) is 15.9. The molecule has 7 rings (SSSR count). The van der Waals surface area contributed by atoms with Gasteiger partial charge in [-0.1, -0.05) is 24.6 Å². The summed E-state index contributed by atoms with van der Waals surface area (Å²) in [6.07, 6.45) is 2.57. The van der Waals surface area contributed by atoms with Crippen molar-refractivity contribution >= 4 is 29.1 Å². The monoisotopic (exact) mass is 641 g/mol. The third-order valence-electron chi connectivity index (χ3n) is 9.91. The molecule has 13 nitrogen and oxygen atoms in total. The van der Waals surface area contributed by atoms with Gasteiger partial charge in [0.15, 0.2) is 11.5 Å². The lowest BCUT2D eigenvalue weighted by Crippen LogP contribution is -2.49. The van der Waals surface area contributed by atoms with E-state index in [9.17, 15) is 29.3 Å². The van der Waals surface area contributed by atoms with E-state index < -0.39 is 22.3 Å². The summed E-state index contributed by atoms with van der Waals surface area (Å²) in [6, 6.07) is 13.6. The zero-order valence-electron chi connectivity index (χ0n) is 26.2. The SMILES string of the molecule is COc1ccc2c(c1OC)C(=O)N1c3ccccc3C(=O)N(CCCCCC(=O)N3C[C@H]4C[C@@H](C3)c3ccc([N+](=O)[O-])c(=O)n3C4)[C@@H]21. The summed E-state index contributed by atoms with van der Waals surface area (Å²) in [7, 11) is 3.01. The normalized spacial score (nSPS) is 20.7. The predicted molar refractivity (Wildman–Crippen MR) is 170 cm³/mol. The fourth-order valence-electron chi connectivity index (χ4n) is 7.82. The first-order valence-electron chi connectivity index (χ1n) is 15.9. The van der Waals surface area contributed by atoms with Crippen molar-refractivity contribution < 1.29 is 28.8 Å². The lowest BCUT2D eigenvalue weighted by Gasteiger charge is -2.42. The van der Waals surface area contributed by atoms with Crippen LogP contribution in [0.4, 0.5) is 11.4 Å². The highest BCUT2D eigenvalue weighted by Crippen LogP contribution is 2.49. The first-order chi connectivity index (χ1) is 22.7. The quantitative estimate of drug-likeness (QED) is 0.193. The van der Waals surface area contributed by atoms with Crippen LogP contribution < -0.4 is 19.9 Å². The largest absolute Gasteiger partial charge is 0.493 e. The highest BCUT2D eigenvalue weighted by molar-refractivity contribution is 6.18. The molecule has 1 fully saturated rings. The van der Waals surface area contributed by atoms with Crippen LogP contribution in [0.15, 0.2) is 53.3 Å². The smallest absolute Gasteiger partial charge is 0.334 e. The summed E-state index contributed by atoms with van der Waals surface area (Å²) in [5, 5.41) is 11.2. The molecule has 4 aliphatic rings. The Labute approximate surface area is 270 Å². The van der Waals surface area contributed by atoms with E-state index in [1.807, 2.05) is 17.0 Å². The lowest BCUT2D eigenvalue weighted by molar-refractivity contribution is -0.386. The predicted octanol–water partition coefficient (Wildman–Crippen LogP) is 4.09. The van der Waals surface area contributed by atoms with E-state index in [2.05, 4.69) is 0 Å². The summed E-state index contributed by atoms with van der Waals surface area (Å²) < 4.78 is 12.6. The van der Waals surface area contributed by atoms with Crippen LogP contribution in [0.5, 0.6) is 11.5 Å². The van der Waals surface area contributed by atoms with Gasteiger partial charge in [-0.25, -0.2) is 0 Å². The second-order valence-corrected chi connectivity index (χ2v) is 12.6. The van der Waals surface area contributed by atoms with E-state index in [4.69, 9.17) is 9.47 Å². The zero-order valence-corrected chi connectivity index (χ0v) is 26.2. The number of carbonyl (C=O) groups excluding carboxylic acids is 3. The van der Waals surface area contributed by atoms with Crippen molar-refractivity contribution in [1.82, 2.24) is 14.4 Å². The number of hydrogen-bond acceptors (Lipinski definition) is 8. The van der Waals surface area contributed by atoms with Crippen LogP contribution in [-0.2, 0) is 11.3 Å². The van der Waals surface area contributed by atoms with Gasteiger partial charge in [0, 0.05) is 55.8 Å². The molecule has 0 unspecified atom stereocenters. The number of piperidine rings is 1. The Hall–Kier alpha value is -5.20. The van der Waals surface area contributed by atoms with Crippen molar-refractivity contribution in [3.63, 3.8) is 0 Å². The molecule has 2 bridgehead atoms. The van der Waals surface area contributed by atoms with Gasteiger partial charge in [-0.2, -0.15) is 0 Å². The molecule has 0 saturated carbocycles. The summed E-state index contributed by atoms with van der Waals surface area (Å²) in [6.45, 7) is 1.76. The van der Waals surface area contributed by atoms with E-state index in [0.29, 0.717) is 85.7 Å². The Morgan fingerprint density at radius 3 is 2.51 bits per heavy atom. The minimum atomic E-state index is -0.646. The van der Waals surface area contributed by atoms with Crippen LogP contribution in [0.2, 0.25) is 0 Å². The van der Waals surface area contributed by atoms with E-state index in [-0.39, 0.29) is 29.6 Å². The van der Waals surface area contributed by atoms with Crippen molar-refractivity contribution in [2.45, 2.75) is 50.7 Å². The second-order valence-electron chi connectivity index (χ2n) is 12.6. The number of nitro groups is 1. The average Bonchev–Trinajstić information content (AvgIpc) is 3.37. The number of para-hydroxylation sites is 1. The molecular formula is C34H35N5O8. The molecule has 3 amide bonds. The van der Waals surface area contributed by atoms with Crippen LogP contribution in [0, 0.1) is 16.0 Å². The van der Waals surface area contributed by atoms with Crippen LogP contribution in [0.1, 0.15) is 76.2 Å². The van der Waals surface area contributed by atoms with Crippen molar-refractivity contribution in [2.75, 3.05) is 38.8 Å². The van der Waals surface area contributed by atoms with Gasteiger partial charge in [-0.05, 0) is 49.4 Å². The number of carbonyl (C=O) groups is 3. The van der Waals surface area contributed by atoms with Crippen molar-refractivity contribution in [3.8, 4) is 11.5 Å². The topological polar surface area (TPSA) is 145 Å². The fraction of sp³-hybridized carbons (Fsp3) is 0.412. The Bertz CT molecular complexity index is 1870. The van der Waals surface area contributed by atoms with Crippen molar-refractivity contribution in [1.29, 1.82) is 0 Å². The molecule has 4 aliphatic heterocycles. The number of methoxy groups -OCH3 is 2. The van der Waals surface area contributed by atoms with E-state index in [1.54, 1.807) is 40.1 Å². The minimum absolute atomic E-state index is 0.0357. The standard InChI is InChI=1S/C34H35N5O8/c1-46-27-14-11-23-29(30(27)47-2)34(43)38-25-9-6-5-8-22(25)32(41)36(31(23)38)15-7-3-4-10-28(40)35-17-20-16-21(19-35)24-12-13-26(39(44)45)33(42)37(24)18-20/h5-6,8-9,11-14,20-21,31H,3-4,7,10,15-19H2,1-2H3/t20-,21+,31-/m1/s1. The van der Waals surface area contributed by atoms with Crippen molar-refractivity contribution in [3.05, 3.63) is 91.4 Å². The molecule has 0 aliphatic carbocycles. The molecule has 1 saturated heterocycles. The number of fused-ring (bicyclic) bond motifs is 9. The van der Waals surface area contributed by atoms with Crippen molar-refractivity contribution in [2.24, 2.45) is 5.92 Å². The van der Waals surface area contributed by atoms with Gasteiger partial charge in [0.1, 0.15) is 6.17 Å². The Morgan fingerprint density at radius 1 is 0.936 bits per heavy atom. The molecule has 0 radical (unpaired) electrons. The maximum Gasteiger partial charge on any atom is 0.334 e. The Balaban J connectivity index is 1.01. The highest BCUT2D eigenvalue weighted by Gasteiger charge is 2.49. The molecule has 0 spiro atoms. The number of hydrogen-bond donors (Lipinski definition) is 0. The maximum absolute atomic E-state index is 13.9. The number of amides is 3. The van der Waals surface area contributed by atoms with Gasteiger partial charge < -0.3 is 23.8 Å². The first kappa shape index (κ1) is 30.5. The molecule has 0 N–H and O–H groups in total. The van der Waals surface area contributed by atoms with E-state index in [0.717, 1.165) is 12.1 Å². The number of benzene rings is 2. The van der Waals surface area contributed by atoms with Gasteiger partial charge >= 0.3 is 11.2 Å². The Morgan fingerprint density at radius 2 is 1.74 bits per heavy atom. The summed E-state index contributed by atoms with van der Waals surface area (Å²) in [5.41, 5.74) is 1.83. The van der Waals surface area contributed by atoms with Gasteiger partial charge in [-0.3, -0.25) is 34.2 Å². The number of pyridine rings is 1. The highest BCUT2D eigenvalue weighted by atomic mass is 16.6. The minimum Gasteiger partial charge on any atom is -0.493 e. The van der Waals surface area contributed by atoms with Crippen LogP contribution in [-0.4, -0.2) is 70.9 Å². The van der Waals surface area contributed by atoms with E-state index in [1.165, 1.54) is 24.9 Å². The third kappa shape index (κ3) is 4.91. The number of unbranched alkanes of at least 4 members (excludes halogenated alkanes) is 2. The maximum atomic E-state index is 13.9. The number of likely N-dealkylation sites (tertiary alicyclic amines) is 1. The molecule has 3 atom stereocenters. The van der Waals surface area contributed by atoms with Crippen LogP contribution >= 0.6 is 0 Å². The van der Waals surface area contributed by atoms with Gasteiger partial charge in [0.25, 0.3) is 11.8 Å². The van der Waals surface area contributed by atoms with Gasteiger partial charge in [-0.15, -0.1) is 0 Å². The molecule has 2 aromatic carbocycles. The Kier molecular flexibility index (Phi) is 7.69. The molecule has 5 heterocycles. The second kappa shape index (κ2) is 11.9. The molecule has 244 valence electrons. The number of aromatic nitrogens is 1. The fourth-order valence-corrected chi connectivity index (χ4v) is 7.82. The molecule has 3 aromatic rings. The number of rotatable bonds is 9. The van der Waals surface area contributed by atoms with Crippen LogP contribution in [0.25, 0.3) is 0 Å². The van der Waals surface area contributed by atoms with E-state index >= 15 is 0 Å². The zero-order chi connectivity index (χ0) is 33.0. The van der Waals surface area contributed by atoms with Gasteiger partial charge in [0.05, 0.1) is 36.0 Å². The molecular weight excluding hydrogens is 606 g/mol. The number of anilines is 1. The van der Waals surface area contributed by atoms with Gasteiger partial charge in [0.2, 0.25) is 5.91 Å².